The third-order valence-corrected chi connectivity index (χ3v) is 4.76. The highest BCUT2D eigenvalue weighted by Crippen LogP contribution is 2.33. The Morgan fingerprint density at radius 2 is 2.37 bits per heavy atom. The first-order chi connectivity index (χ1) is 9.20. The Morgan fingerprint density at radius 1 is 1.53 bits per heavy atom. The molecule has 19 heavy (non-hydrogen) atoms. The third kappa shape index (κ3) is 3.71. The molecule has 0 saturated carbocycles. The Bertz CT molecular complexity index is 411. The number of thioether (sulfide) groups is 1. The first-order valence-corrected chi connectivity index (χ1v) is 7.26. The molecule has 2 heterocycles. The maximum atomic E-state index is 11.2. The lowest BCUT2D eigenvalue weighted by molar-refractivity contribution is -0.143. The number of hydrogen-bond donors (Lipinski definition) is 3. The first-order valence-electron chi connectivity index (χ1n) is 6.21. The maximum Gasteiger partial charge on any atom is 0.336 e. The lowest BCUT2D eigenvalue weighted by Gasteiger charge is -2.16. The van der Waals surface area contributed by atoms with E-state index < -0.39 is 5.97 Å². The van der Waals surface area contributed by atoms with Crippen LogP contribution in [0.5, 0.6) is 0 Å². The minimum absolute atomic E-state index is 0.0756. The number of carbonyl (C=O) groups excluding carboxylic acids is 2. The second-order valence-corrected chi connectivity index (χ2v) is 5.81. The highest BCUT2D eigenvalue weighted by atomic mass is 32.2. The van der Waals surface area contributed by atoms with Crippen molar-refractivity contribution in [3.05, 3.63) is 0 Å². The van der Waals surface area contributed by atoms with Crippen molar-refractivity contribution in [1.29, 1.82) is 5.41 Å². The summed E-state index contributed by atoms with van der Waals surface area (Å²) in [5.74, 6) is 0.511. The van der Waals surface area contributed by atoms with Gasteiger partial charge in [0.2, 0.25) is 0 Å². The van der Waals surface area contributed by atoms with Crippen LogP contribution in [0.2, 0.25) is 0 Å². The molecular formula is C11H16N4O3S. The van der Waals surface area contributed by atoms with Crippen LogP contribution in [0.1, 0.15) is 25.7 Å². The summed E-state index contributed by atoms with van der Waals surface area (Å²) in [5.41, 5.74) is 0. The van der Waals surface area contributed by atoms with E-state index in [-0.39, 0.29) is 18.1 Å². The topological polar surface area (TPSA) is 104 Å². The number of nitrogens with one attached hydrogen (secondary N) is 3. The van der Waals surface area contributed by atoms with E-state index in [1.165, 1.54) is 0 Å². The molecule has 104 valence electrons. The van der Waals surface area contributed by atoms with Gasteiger partial charge in [-0.15, -0.1) is 0 Å². The van der Waals surface area contributed by atoms with E-state index in [1.807, 2.05) is 11.8 Å². The lowest BCUT2D eigenvalue weighted by Crippen LogP contribution is -2.36. The molecule has 0 spiro atoms. The fraction of sp³-hybridized carbons (Fsp3) is 0.727. The standard InChI is InChI=1S/C11H16N4O3S/c12-6-13-18-9(16)4-2-1-3-8-10-7(5-19-8)14-11(17)15-10/h7-8,10,12H,1-5H2,(H2,14,15,17)/t7-,8-,10-/m0/s1. The monoisotopic (exact) mass is 284 g/mol. The summed E-state index contributed by atoms with van der Waals surface area (Å²) in [5, 5.41) is 15.7. The SMILES string of the molecule is N=C=NOC(=O)CCCC[C@@H]1SC[C@@H]2NC(=O)N[C@@H]21. The van der Waals surface area contributed by atoms with Gasteiger partial charge in [0.05, 0.1) is 12.1 Å². The van der Waals surface area contributed by atoms with Crippen LogP contribution >= 0.6 is 11.8 Å². The summed E-state index contributed by atoms with van der Waals surface area (Å²) >= 11 is 1.86. The van der Waals surface area contributed by atoms with Crippen molar-refractivity contribution < 1.29 is 14.4 Å². The van der Waals surface area contributed by atoms with Gasteiger partial charge in [-0.2, -0.15) is 11.8 Å². The van der Waals surface area contributed by atoms with Gasteiger partial charge in [-0.1, -0.05) is 6.42 Å². The molecule has 2 rings (SSSR count). The van der Waals surface area contributed by atoms with Gasteiger partial charge in [-0.3, -0.25) is 0 Å². The second kappa shape index (κ2) is 6.58. The van der Waals surface area contributed by atoms with E-state index in [2.05, 4.69) is 20.6 Å². The van der Waals surface area contributed by atoms with Crippen LogP contribution in [0.15, 0.2) is 5.16 Å². The number of hydrogen-bond acceptors (Lipinski definition) is 6. The van der Waals surface area contributed by atoms with Gasteiger partial charge in [0.25, 0.3) is 0 Å². The van der Waals surface area contributed by atoms with Crippen LogP contribution in [0, 0.1) is 5.41 Å². The van der Waals surface area contributed by atoms with Crippen molar-refractivity contribution in [2.75, 3.05) is 5.75 Å². The Kier molecular flexibility index (Phi) is 4.81. The molecule has 0 radical (unpaired) electrons. The van der Waals surface area contributed by atoms with Crippen molar-refractivity contribution in [2.45, 2.75) is 43.0 Å². The zero-order valence-corrected chi connectivity index (χ0v) is 11.2. The van der Waals surface area contributed by atoms with Gasteiger partial charge < -0.3 is 15.5 Å². The third-order valence-electron chi connectivity index (χ3n) is 3.25. The summed E-state index contributed by atoms with van der Waals surface area (Å²) in [6.45, 7) is 0. The van der Waals surface area contributed by atoms with E-state index in [9.17, 15) is 9.59 Å². The summed E-state index contributed by atoms with van der Waals surface area (Å²) < 4.78 is 0. The highest BCUT2D eigenvalue weighted by Gasteiger charge is 2.42. The lowest BCUT2D eigenvalue weighted by atomic mass is 10.0. The Balaban J connectivity index is 1.62. The molecule has 7 nitrogen and oxygen atoms in total. The Labute approximate surface area is 115 Å². The van der Waals surface area contributed by atoms with Crippen LogP contribution < -0.4 is 10.6 Å². The van der Waals surface area contributed by atoms with Crippen molar-refractivity contribution >= 4 is 29.8 Å². The van der Waals surface area contributed by atoms with E-state index in [0.717, 1.165) is 25.0 Å². The van der Waals surface area contributed by atoms with Crippen LogP contribution in [0.4, 0.5) is 4.79 Å². The smallest absolute Gasteiger partial charge is 0.332 e. The molecule has 0 bridgehead atoms. The van der Waals surface area contributed by atoms with Gasteiger partial charge in [0, 0.05) is 17.4 Å². The van der Waals surface area contributed by atoms with E-state index >= 15 is 0 Å². The minimum atomic E-state index is -0.437. The molecule has 2 saturated heterocycles. The number of urea groups is 1. The molecule has 2 aliphatic rings. The molecular weight excluding hydrogens is 268 g/mol. The normalized spacial score (nSPS) is 28.0. The molecule has 8 heteroatoms. The maximum absolute atomic E-state index is 11.2. The largest absolute Gasteiger partial charge is 0.336 e. The molecule has 2 aliphatic heterocycles. The molecule has 0 aromatic heterocycles. The van der Waals surface area contributed by atoms with Crippen LogP contribution in [-0.4, -0.2) is 41.1 Å². The van der Waals surface area contributed by atoms with Gasteiger partial charge in [0.1, 0.15) is 6.01 Å². The number of fused-ring (bicyclic) bond motifs is 1. The summed E-state index contributed by atoms with van der Waals surface area (Å²) in [4.78, 5) is 26.7. The Morgan fingerprint density at radius 3 is 3.16 bits per heavy atom. The van der Waals surface area contributed by atoms with Crippen LogP contribution in [0.25, 0.3) is 0 Å². The fourth-order valence-corrected chi connectivity index (χ4v) is 3.92. The van der Waals surface area contributed by atoms with Crippen molar-refractivity contribution in [1.82, 2.24) is 10.6 Å². The van der Waals surface area contributed by atoms with Gasteiger partial charge in [-0.05, 0) is 18.0 Å². The summed E-state index contributed by atoms with van der Waals surface area (Å²) in [6.07, 6.45) is 2.89. The average molecular weight is 284 g/mol. The quantitative estimate of drug-likeness (QED) is 0.222. The van der Waals surface area contributed by atoms with E-state index in [1.54, 1.807) is 6.01 Å². The molecule has 3 atom stereocenters. The summed E-state index contributed by atoms with van der Waals surface area (Å²) in [7, 11) is 0. The first kappa shape index (κ1) is 13.9. The molecule has 0 unspecified atom stereocenters. The molecule has 2 amide bonds. The molecule has 0 aliphatic carbocycles. The molecule has 0 aromatic carbocycles. The summed E-state index contributed by atoms with van der Waals surface area (Å²) in [6, 6.07) is 2.03. The second-order valence-electron chi connectivity index (χ2n) is 4.53. The number of nitrogens with zero attached hydrogens (tertiary/aromatic N) is 1. The molecule has 0 aromatic rings. The number of amides is 2. The number of unbranched alkanes of at least 4 members (excludes halogenated alkanes) is 1. The van der Waals surface area contributed by atoms with Gasteiger partial charge >= 0.3 is 12.0 Å². The predicted molar refractivity (Wildman–Crippen MR) is 70.2 cm³/mol. The average Bonchev–Trinajstić information content (AvgIpc) is 2.92. The predicted octanol–water partition coefficient (Wildman–Crippen LogP) is 0.923. The van der Waals surface area contributed by atoms with Gasteiger partial charge in [0.15, 0.2) is 0 Å². The Hall–Kier alpha value is -1.53. The number of carbonyl (C=O) groups is 2. The molecule has 2 fully saturated rings. The van der Waals surface area contributed by atoms with Crippen molar-refractivity contribution in [3.8, 4) is 0 Å². The van der Waals surface area contributed by atoms with Gasteiger partial charge in [-0.25, -0.2) is 15.0 Å². The van der Waals surface area contributed by atoms with Crippen LogP contribution in [0.3, 0.4) is 0 Å². The van der Waals surface area contributed by atoms with E-state index in [4.69, 9.17) is 5.41 Å². The zero-order chi connectivity index (χ0) is 13.7. The minimum Gasteiger partial charge on any atom is -0.332 e. The number of rotatable bonds is 6. The fourth-order valence-electron chi connectivity index (χ4n) is 2.38. The molecule has 3 N–H and O–H groups in total. The van der Waals surface area contributed by atoms with Crippen molar-refractivity contribution in [2.24, 2.45) is 5.16 Å². The van der Waals surface area contributed by atoms with E-state index in [0.29, 0.717) is 11.7 Å². The van der Waals surface area contributed by atoms with Crippen molar-refractivity contribution in [3.63, 3.8) is 0 Å². The highest BCUT2D eigenvalue weighted by molar-refractivity contribution is 8.00. The van der Waals surface area contributed by atoms with Crippen LogP contribution in [-0.2, 0) is 9.63 Å². The zero-order valence-electron chi connectivity index (χ0n) is 10.3.